The number of amides is 1. The van der Waals surface area contributed by atoms with E-state index >= 15 is 0 Å². The predicted molar refractivity (Wildman–Crippen MR) is 82.1 cm³/mol. The summed E-state index contributed by atoms with van der Waals surface area (Å²) >= 11 is 6.11. The first kappa shape index (κ1) is 16.8. The zero-order chi connectivity index (χ0) is 15.3. The first-order valence-corrected chi connectivity index (χ1v) is 7.12. The highest BCUT2D eigenvalue weighted by Crippen LogP contribution is 2.27. The third-order valence-electron chi connectivity index (χ3n) is 3.20. The Morgan fingerprint density at radius 3 is 2.65 bits per heavy atom. The van der Waals surface area contributed by atoms with Crippen molar-refractivity contribution >= 4 is 17.5 Å². The fourth-order valence-electron chi connectivity index (χ4n) is 1.56. The van der Waals surface area contributed by atoms with E-state index in [1.54, 1.807) is 12.1 Å². The molecule has 4 nitrogen and oxygen atoms in total. The van der Waals surface area contributed by atoms with Crippen LogP contribution in [0.2, 0.25) is 5.02 Å². The van der Waals surface area contributed by atoms with Crippen LogP contribution in [0.25, 0.3) is 0 Å². The predicted octanol–water partition coefficient (Wildman–Crippen LogP) is 3.04. The summed E-state index contributed by atoms with van der Waals surface area (Å²) in [4.78, 5) is 11.8. The second kappa shape index (κ2) is 6.95. The van der Waals surface area contributed by atoms with Gasteiger partial charge in [-0.15, -0.1) is 0 Å². The molecule has 112 valence electrons. The minimum atomic E-state index is -0.233. The number of carbonyl (C=O) groups is 1. The Kier molecular flexibility index (Phi) is 5.84. The molecule has 0 spiro atoms. The van der Waals surface area contributed by atoms with E-state index in [0.717, 1.165) is 12.0 Å². The Morgan fingerprint density at radius 1 is 1.50 bits per heavy atom. The molecule has 0 aliphatic carbocycles. The third kappa shape index (κ3) is 5.02. The minimum absolute atomic E-state index is 0.0549. The van der Waals surface area contributed by atoms with Gasteiger partial charge in [-0.25, -0.2) is 0 Å². The molecule has 1 atom stereocenters. The number of hydrogen-bond acceptors (Lipinski definition) is 3. The fourth-order valence-corrected chi connectivity index (χ4v) is 1.81. The van der Waals surface area contributed by atoms with Crippen molar-refractivity contribution in [1.82, 2.24) is 5.32 Å². The number of ether oxygens (including phenoxy) is 1. The van der Waals surface area contributed by atoms with Crippen molar-refractivity contribution in [2.75, 3.05) is 6.61 Å². The smallest absolute Gasteiger partial charge is 0.258 e. The molecular formula is C15H23ClN2O2. The maximum Gasteiger partial charge on any atom is 0.258 e. The van der Waals surface area contributed by atoms with Gasteiger partial charge in [0.1, 0.15) is 5.75 Å². The van der Waals surface area contributed by atoms with E-state index in [-0.39, 0.29) is 24.1 Å². The summed E-state index contributed by atoms with van der Waals surface area (Å²) in [5, 5.41) is 3.36. The van der Waals surface area contributed by atoms with E-state index in [0.29, 0.717) is 10.8 Å². The van der Waals surface area contributed by atoms with Crippen molar-refractivity contribution in [2.24, 2.45) is 5.73 Å². The number of nitrogens with two attached hydrogens (primary N) is 1. The molecular weight excluding hydrogens is 276 g/mol. The molecule has 0 saturated carbocycles. The van der Waals surface area contributed by atoms with Crippen molar-refractivity contribution in [3.05, 3.63) is 28.8 Å². The van der Waals surface area contributed by atoms with Crippen LogP contribution < -0.4 is 15.8 Å². The average Bonchev–Trinajstić information content (AvgIpc) is 2.36. The second-order valence-electron chi connectivity index (χ2n) is 5.55. The van der Waals surface area contributed by atoms with E-state index in [9.17, 15) is 4.79 Å². The van der Waals surface area contributed by atoms with Crippen molar-refractivity contribution < 1.29 is 9.53 Å². The summed E-state index contributed by atoms with van der Waals surface area (Å²) in [6.45, 7) is 7.78. The number of benzene rings is 1. The average molecular weight is 299 g/mol. The van der Waals surface area contributed by atoms with Gasteiger partial charge < -0.3 is 15.8 Å². The van der Waals surface area contributed by atoms with Gasteiger partial charge in [0.2, 0.25) is 0 Å². The monoisotopic (exact) mass is 298 g/mol. The molecule has 0 aliphatic rings. The molecule has 0 fully saturated rings. The summed E-state index contributed by atoms with van der Waals surface area (Å²) in [5.74, 6) is 0.324. The molecule has 1 aromatic carbocycles. The number of rotatable bonds is 6. The van der Waals surface area contributed by atoms with Crippen LogP contribution in [0.5, 0.6) is 5.75 Å². The minimum Gasteiger partial charge on any atom is -0.482 e. The highest BCUT2D eigenvalue weighted by molar-refractivity contribution is 6.32. The Balaban J connectivity index is 2.60. The molecule has 0 heterocycles. The van der Waals surface area contributed by atoms with E-state index in [1.165, 1.54) is 0 Å². The summed E-state index contributed by atoms with van der Waals surface area (Å²) in [7, 11) is 0. The van der Waals surface area contributed by atoms with Crippen LogP contribution in [0, 0.1) is 0 Å². The Morgan fingerprint density at radius 2 is 2.15 bits per heavy atom. The lowest BCUT2D eigenvalue weighted by molar-refractivity contribution is -0.124. The fraction of sp³-hybridized carbons (Fsp3) is 0.533. The highest BCUT2D eigenvalue weighted by atomic mass is 35.5. The molecule has 0 radical (unpaired) electrons. The van der Waals surface area contributed by atoms with Crippen LogP contribution in [0.15, 0.2) is 18.2 Å². The van der Waals surface area contributed by atoms with Gasteiger partial charge in [0.05, 0.1) is 5.02 Å². The summed E-state index contributed by atoms with van der Waals surface area (Å²) in [6.07, 6.45) is 0.850. The number of nitrogens with one attached hydrogen (secondary N) is 1. The van der Waals surface area contributed by atoms with E-state index in [4.69, 9.17) is 22.1 Å². The van der Waals surface area contributed by atoms with Gasteiger partial charge >= 0.3 is 0 Å². The quantitative estimate of drug-likeness (QED) is 0.848. The van der Waals surface area contributed by atoms with Crippen LogP contribution in [0.1, 0.15) is 45.7 Å². The summed E-state index contributed by atoms with van der Waals surface area (Å²) in [6, 6.07) is 5.25. The molecule has 0 saturated heterocycles. The van der Waals surface area contributed by atoms with E-state index in [1.807, 2.05) is 33.8 Å². The van der Waals surface area contributed by atoms with Crippen molar-refractivity contribution in [3.8, 4) is 5.75 Å². The van der Waals surface area contributed by atoms with Crippen LogP contribution in [-0.2, 0) is 4.79 Å². The normalized spacial score (nSPS) is 12.9. The molecule has 0 aliphatic heterocycles. The zero-order valence-corrected chi connectivity index (χ0v) is 13.3. The standard InChI is InChI=1S/C15H23ClN2O2/c1-5-15(3,4)18-14(19)9-20-13-7-6-11(10(2)17)8-12(13)16/h6-8,10H,5,9,17H2,1-4H3,(H,18,19)/t10-/m0/s1. The molecule has 5 heteroatoms. The van der Waals surface area contributed by atoms with Crippen molar-refractivity contribution in [2.45, 2.75) is 45.7 Å². The second-order valence-corrected chi connectivity index (χ2v) is 5.96. The van der Waals surface area contributed by atoms with Crippen molar-refractivity contribution in [3.63, 3.8) is 0 Å². The van der Waals surface area contributed by atoms with Crippen LogP contribution in [-0.4, -0.2) is 18.1 Å². The van der Waals surface area contributed by atoms with Gasteiger partial charge in [-0.05, 0) is 44.9 Å². The third-order valence-corrected chi connectivity index (χ3v) is 3.50. The Labute approximate surface area is 125 Å². The molecule has 1 amide bonds. The van der Waals surface area contributed by atoms with E-state index in [2.05, 4.69) is 5.32 Å². The van der Waals surface area contributed by atoms with Crippen LogP contribution in [0.4, 0.5) is 0 Å². The molecule has 20 heavy (non-hydrogen) atoms. The number of hydrogen-bond donors (Lipinski definition) is 2. The van der Waals surface area contributed by atoms with Gasteiger partial charge in [0.15, 0.2) is 6.61 Å². The SMILES string of the molecule is CCC(C)(C)NC(=O)COc1ccc([C@H](C)N)cc1Cl. The highest BCUT2D eigenvalue weighted by Gasteiger charge is 2.18. The maximum atomic E-state index is 11.8. The number of halogens is 1. The van der Waals surface area contributed by atoms with E-state index < -0.39 is 0 Å². The summed E-state index contributed by atoms with van der Waals surface area (Å²) in [5.41, 5.74) is 6.47. The maximum absolute atomic E-state index is 11.8. The Bertz CT molecular complexity index is 473. The van der Waals surface area contributed by atoms with Crippen LogP contribution in [0.3, 0.4) is 0 Å². The molecule has 0 bridgehead atoms. The molecule has 1 aromatic rings. The summed E-state index contributed by atoms with van der Waals surface area (Å²) < 4.78 is 5.44. The molecule has 0 aromatic heterocycles. The lowest BCUT2D eigenvalue weighted by Gasteiger charge is -2.24. The van der Waals surface area contributed by atoms with Crippen LogP contribution >= 0.6 is 11.6 Å². The largest absolute Gasteiger partial charge is 0.482 e. The number of carbonyl (C=O) groups excluding carboxylic acids is 1. The van der Waals surface area contributed by atoms with Gasteiger partial charge in [-0.3, -0.25) is 4.79 Å². The van der Waals surface area contributed by atoms with Gasteiger partial charge in [-0.1, -0.05) is 24.6 Å². The van der Waals surface area contributed by atoms with Gasteiger partial charge in [0.25, 0.3) is 5.91 Å². The first-order chi connectivity index (χ1) is 9.25. The first-order valence-electron chi connectivity index (χ1n) is 6.74. The Hall–Kier alpha value is -1.26. The lowest BCUT2D eigenvalue weighted by Crippen LogP contribution is -2.44. The lowest BCUT2D eigenvalue weighted by atomic mass is 10.0. The van der Waals surface area contributed by atoms with Crippen molar-refractivity contribution in [1.29, 1.82) is 0 Å². The zero-order valence-electron chi connectivity index (χ0n) is 12.5. The molecule has 3 N–H and O–H groups in total. The molecule has 0 unspecified atom stereocenters. The van der Waals surface area contributed by atoms with Gasteiger partial charge in [-0.2, -0.15) is 0 Å². The molecule has 1 rings (SSSR count). The van der Waals surface area contributed by atoms with Gasteiger partial charge in [0, 0.05) is 11.6 Å². The topological polar surface area (TPSA) is 64.3 Å².